The molecular weight excluding hydrogens is 249 g/mol. The van der Waals surface area contributed by atoms with E-state index in [0.717, 1.165) is 0 Å². The summed E-state index contributed by atoms with van der Waals surface area (Å²) in [6.07, 6.45) is 0. The maximum absolute atomic E-state index is 8.86. The van der Waals surface area contributed by atoms with Crippen molar-refractivity contribution in [3.05, 3.63) is 27.9 Å². The first-order valence-electron chi connectivity index (χ1n) is 4.27. The number of hydrogen-bond acceptors (Lipinski definition) is 4. The lowest BCUT2D eigenvalue weighted by molar-refractivity contribution is 0.396. The molecule has 1 aromatic heterocycles. The minimum Gasteiger partial charge on any atom is -0.479 e. The first kappa shape index (κ1) is 10.9. The number of rotatable bonds is 1. The molecular formula is C10H5Cl2N3O. The minimum atomic E-state index is 0.0826. The fraction of sp³-hybridized carbons (Fsp3) is 0.100. The summed E-state index contributed by atoms with van der Waals surface area (Å²) in [5.41, 5.74) is 0.899. The van der Waals surface area contributed by atoms with Gasteiger partial charge in [-0.3, -0.25) is 0 Å². The van der Waals surface area contributed by atoms with E-state index >= 15 is 0 Å². The van der Waals surface area contributed by atoms with Crippen molar-refractivity contribution in [1.82, 2.24) is 9.97 Å². The Morgan fingerprint density at radius 2 is 1.75 bits per heavy atom. The predicted molar refractivity (Wildman–Crippen MR) is 60.8 cm³/mol. The molecule has 0 N–H and O–H groups in total. The van der Waals surface area contributed by atoms with Crippen LogP contribution in [0.15, 0.2) is 12.1 Å². The Balaban J connectivity index is 2.89. The van der Waals surface area contributed by atoms with Gasteiger partial charge in [-0.25, -0.2) is 9.97 Å². The smallest absolute Gasteiger partial charge is 0.251 e. The Kier molecular flexibility index (Phi) is 2.82. The Labute approximate surface area is 101 Å². The van der Waals surface area contributed by atoms with Crippen LogP contribution in [0.1, 0.15) is 5.69 Å². The number of nitrogens with zero attached hydrogens (tertiary/aromatic N) is 3. The normalized spacial score (nSPS) is 10.1. The van der Waals surface area contributed by atoms with Crippen LogP contribution in [0.4, 0.5) is 0 Å². The van der Waals surface area contributed by atoms with Crippen LogP contribution >= 0.6 is 23.2 Å². The first-order chi connectivity index (χ1) is 7.67. The molecule has 2 rings (SSSR count). The molecule has 0 saturated carbocycles. The number of aromatic nitrogens is 2. The van der Waals surface area contributed by atoms with Crippen molar-refractivity contribution < 1.29 is 4.74 Å². The highest BCUT2D eigenvalue weighted by Crippen LogP contribution is 2.29. The Hall–Kier alpha value is -1.57. The first-order valence-corrected chi connectivity index (χ1v) is 5.02. The van der Waals surface area contributed by atoms with Gasteiger partial charge in [-0.05, 0) is 12.1 Å². The molecule has 0 fully saturated rings. The molecule has 0 amide bonds. The van der Waals surface area contributed by atoms with E-state index in [2.05, 4.69) is 9.97 Å². The third-order valence-electron chi connectivity index (χ3n) is 1.99. The standard InChI is InChI=1S/C10H5Cl2N3O/c1-16-10-7(4-13)14-8-5(11)2-3-6(12)9(8)15-10/h2-3H,1H3. The average molecular weight is 254 g/mol. The second-order valence-electron chi connectivity index (χ2n) is 2.92. The van der Waals surface area contributed by atoms with Crippen molar-refractivity contribution in [3.8, 4) is 11.9 Å². The zero-order chi connectivity index (χ0) is 11.7. The van der Waals surface area contributed by atoms with Crippen LogP contribution in [-0.2, 0) is 0 Å². The minimum absolute atomic E-state index is 0.0826. The second-order valence-corrected chi connectivity index (χ2v) is 3.73. The third-order valence-corrected chi connectivity index (χ3v) is 2.60. The number of fused-ring (bicyclic) bond motifs is 1. The maximum atomic E-state index is 8.86. The molecule has 0 saturated heterocycles. The van der Waals surface area contributed by atoms with Gasteiger partial charge < -0.3 is 4.74 Å². The largest absolute Gasteiger partial charge is 0.479 e. The Bertz CT molecular complexity index is 607. The third kappa shape index (κ3) is 1.64. The van der Waals surface area contributed by atoms with Crippen molar-refractivity contribution in [1.29, 1.82) is 5.26 Å². The van der Waals surface area contributed by atoms with Gasteiger partial charge >= 0.3 is 0 Å². The van der Waals surface area contributed by atoms with Crippen molar-refractivity contribution in [2.75, 3.05) is 7.11 Å². The van der Waals surface area contributed by atoms with Crippen molar-refractivity contribution >= 4 is 34.2 Å². The van der Waals surface area contributed by atoms with Crippen LogP contribution in [0.3, 0.4) is 0 Å². The van der Waals surface area contributed by atoms with Gasteiger partial charge in [-0.15, -0.1) is 0 Å². The van der Waals surface area contributed by atoms with E-state index in [1.807, 2.05) is 6.07 Å². The van der Waals surface area contributed by atoms with Crippen LogP contribution in [0.2, 0.25) is 10.0 Å². The van der Waals surface area contributed by atoms with Gasteiger partial charge in [-0.1, -0.05) is 23.2 Å². The fourth-order valence-electron chi connectivity index (χ4n) is 1.27. The van der Waals surface area contributed by atoms with Gasteiger partial charge in [-0.2, -0.15) is 5.26 Å². The SMILES string of the molecule is COc1nc2c(Cl)ccc(Cl)c2nc1C#N. The molecule has 2 aromatic rings. The molecule has 6 heteroatoms. The van der Waals surface area contributed by atoms with Crippen LogP contribution in [0.5, 0.6) is 5.88 Å². The maximum Gasteiger partial charge on any atom is 0.251 e. The molecule has 16 heavy (non-hydrogen) atoms. The van der Waals surface area contributed by atoms with Gasteiger partial charge in [0.15, 0.2) is 0 Å². The van der Waals surface area contributed by atoms with Gasteiger partial charge in [0.05, 0.1) is 17.2 Å². The van der Waals surface area contributed by atoms with Gasteiger partial charge in [0.1, 0.15) is 17.1 Å². The number of benzene rings is 1. The number of ether oxygens (including phenoxy) is 1. The lowest BCUT2D eigenvalue weighted by Crippen LogP contribution is -1.97. The summed E-state index contributed by atoms with van der Waals surface area (Å²) in [4.78, 5) is 8.16. The molecule has 80 valence electrons. The summed E-state index contributed by atoms with van der Waals surface area (Å²) >= 11 is 11.9. The molecule has 0 unspecified atom stereocenters. The highest BCUT2D eigenvalue weighted by Gasteiger charge is 2.13. The Morgan fingerprint density at radius 3 is 2.25 bits per heavy atom. The van der Waals surface area contributed by atoms with E-state index in [1.165, 1.54) is 7.11 Å². The summed E-state index contributed by atoms with van der Waals surface area (Å²) in [5, 5.41) is 9.67. The molecule has 0 aliphatic heterocycles. The summed E-state index contributed by atoms with van der Waals surface area (Å²) in [6, 6.07) is 5.11. The van der Waals surface area contributed by atoms with Gasteiger partial charge in [0, 0.05) is 0 Å². The summed E-state index contributed by atoms with van der Waals surface area (Å²) in [5.74, 6) is 0.138. The van der Waals surface area contributed by atoms with Crippen LogP contribution < -0.4 is 4.74 Å². The van der Waals surface area contributed by atoms with Crippen LogP contribution in [0, 0.1) is 11.3 Å². The molecule has 0 atom stereocenters. The van der Waals surface area contributed by atoms with Crippen molar-refractivity contribution in [2.24, 2.45) is 0 Å². The van der Waals surface area contributed by atoms with E-state index in [-0.39, 0.29) is 11.6 Å². The van der Waals surface area contributed by atoms with E-state index in [1.54, 1.807) is 12.1 Å². The quantitative estimate of drug-likeness (QED) is 0.785. The number of nitriles is 1. The zero-order valence-corrected chi connectivity index (χ0v) is 9.67. The molecule has 0 aliphatic rings. The van der Waals surface area contributed by atoms with Crippen molar-refractivity contribution in [3.63, 3.8) is 0 Å². The van der Waals surface area contributed by atoms with Gasteiger partial charge in [0.25, 0.3) is 5.88 Å². The number of hydrogen-bond donors (Lipinski definition) is 0. The highest BCUT2D eigenvalue weighted by molar-refractivity contribution is 6.39. The zero-order valence-electron chi connectivity index (χ0n) is 8.16. The average Bonchev–Trinajstić information content (AvgIpc) is 2.32. The Morgan fingerprint density at radius 1 is 1.19 bits per heavy atom. The molecule has 1 aromatic carbocycles. The molecule has 0 aliphatic carbocycles. The molecule has 0 bridgehead atoms. The number of methoxy groups -OCH3 is 1. The lowest BCUT2D eigenvalue weighted by atomic mass is 10.3. The molecule has 1 heterocycles. The van der Waals surface area contributed by atoms with Crippen LogP contribution in [0.25, 0.3) is 11.0 Å². The van der Waals surface area contributed by atoms with E-state index in [4.69, 9.17) is 33.2 Å². The molecule has 0 radical (unpaired) electrons. The highest BCUT2D eigenvalue weighted by atomic mass is 35.5. The fourth-order valence-corrected chi connectivity index (χ4v) is 1.66. The van der Waals surface area contributed by atoms with E-state index < -0.39 is 0 Å². The predicted octanol–water partition coefficient (Wildman–Crippen LogP) is 2.82. The van der Waals surface area contributed by atoms with E-state index in [0.29, 0.717) is 21.1 Å². The summed E-state index contributed by atoms with van der Waals surface area (Å²) in [7, 11) is 1.41. The summed E-state index contributed by atoms with van der Waals surface area (Å²) in [6.45, 7) is 0. The molecule has 4 nitrogen and oxygen atoms in total. The summed E-state index contributed by atoms with van der Waals surface area (Å²) < 4.78 is 4.94. The topological polar surface area (TPSA) is 58.8 Å². The van der Waals surface area contributed by atoms with Crippen LogP contribution in [-0.4, -0.2) is 17.1 Å². The number of halogens is 2. The second kappa shape index (κ2) is 4.12. The molecule has 0 spiro atoms. The van der Waals surface area contributed by atoms with Crippen molar-refractivity contribution in [2.45, 2.75) is 0 Å². The monoisotopic (exact) mass is 253 g/mol. The van der Waals surface area contributed by atoms with E-state index in [9.17, 15) is 0 Å². The lowest BCUT2D eigenvalue weighted by Gasteiger charge is -2.05. The van der Waals surface area contributed by atoms with Gasteiger partial charge in [0.2, 0.25) is 5.69 Å².